The molecule has 0 rings (SSSR count). The molecule has 3 N–H and O–H groups in total. The van der Waals surface area contributed by atoms with Crippen molar-refractivity contribution in [3.63, 3.8) is 0 Å². The third-order valence-corrected chi connectivity index (χ3v) is 6.12. The molecule has 0 spiro atoms. The van der Waals surface area contributed by atoms with Gasteiger partial charge in [0.25, 0.3) is 10.1 Å². The lowest BCUT2D eigenvalue weighted by Crippen LogP contribution is -2.26. The van der Waals surface area contributed by atoms with Crippen LogP contribution >= 0.6 is 0 Å². The molecule has 0 heterocycles. The highest BCUT2D eigenvalue weighted by molar-refractivity contribution is 7.85. The molecular weight excluding hydrogens is 476 g/mol. The molecule has 33 heavy (non-hydrogen) atoms. The lowest BCUT2D eigenvalue weighted by atomic mass is 10.1. The zero-order chi connectivity index (χ0) is 25.2. The summed E-state index contributed by atoms with van der Waals surface area (Å²) in [5.74, 6) is -1.40. The van der Waals surface area contributed by atoms with Crippen LogP contribution in [0.2, 0.25) is 0 Å². The van der Waals surface area contributed by atoms with Crippen LogP contribution in [0.5, 0.6) is 0 Å². The van der Waals surface area contributed by atoms with Crippen molar-refractivity contribution in [1.82, 2.24) is 0 Å². The van der Waals surface area contributed by atoms with Crippen molar-refractivity contribution in [1.29, 1.82) is 0 Å². The molecule has 0 radical (unpaired) electrons. The molecule has 0 saturated heterocycles. The topological polar surface area (TPSA) is 164 Å². The summed E-state index contributed by atoms with van der Waals surface area (Å²) in [6.45, 7) is 1.62. The third kappa shape index (κ3) is 23.9. The summed E-state index contributed by atoms with van der Waals surface area (Å²) >= 11 is 0. The van der Waals surface area contributed by atoms with Gasteiger partial charge in [0, 0.05) is 6.42 Å². The van der Waals surface area contributed by atoms with Gasteiger partial charge in [0.15, 0.2) is 0 Å². The van der Waals surface area contributed by atoms with Crippen LogP contribution in [0.4, 0.5) is 0 Å². The summed E-state index contributed by atoms with van der Waals surface area (Å²) in [5, 5.41) is 9.34. The van der Waals surface area contributed by atoms with Gasteiger partial charge in [-0.3, -0.25) is 13.9 Å². The average Bonchev–Trinajstić information content (AvgIpc) is 2.68. The summed E-state index contributed by atoms with van der Waals surface area (Å²) in [6, 6.07) is 0. The second-order valence-corrected chi connectivity index (χ2v) is 10.6. The number of carbonyl (C=O) groups excluding carboxylic acids is 1. The van der Waals surface area contributed by atoms with E-state index in [1.54, 1.807) is 0 Å². The number of unbranched alkanes of at least 4 members (excludes halogenated alkanes) is 8. The van der Waals surface area contributed by atoms with E-state index in [0.29, 0.717) is 19.3 Å². The summed E-state index contributed by atoms with van der Waals surface area (Å²) in [4.78, 5) is 11.5. The van der Waals surface area contributed by atoms with E-state index in [4.69, 9.17) is 18.0 Å². The lowest BCUT2D eigenvalue weighted by molar-refractivity contribution is -0.146. The zero-order valence-electron chi connectivity index (χ0n) is 19.4. The number of aliphatic hydroxyl groups excluding tert-OH is 1. The maximum Gasteiger partial charge on any atom is 0.397 e. The minimum Gasteiger partial charge on any atom is -0.463 e. The van der Waals surface area contributed by atoms with Crippen molar-refractivity contribution in [2.75, 3.05) is 12.4 Å². The highest BCUT2D eigenvalue weighted by atomic mass is 32.3. The molecule has 0 saturated carbocycles. The van der Waals surface area contributed by atoms with E-state index in [9.17, 15) is 26.7 Å². The van der Waals surface area contributed by atoms with E-state index < -0.39 is 51.1 Å². The van der Waals surface area contributed by atoms with Crippen molar-refractivity contribution in [2.45, 2.75) is 103 Å². The smallest absolute Gasteiger partial charge is 0.397 e. The first-order valence-corrected chi connectivity index (χ1v) is 14.5. The summed E-state index contributed by atoms with van der Waals surface area (Å²) < 4.78 is 70.2. The van der Waals surface area contributed by atoms with Gasteiger partial charge in [0.1, 0.15) is 18.5 Å². The molecule has 0 aromatic carbocycles. The third-order valence-electron chi connectivity index (χ3n) is 4.79. The largest absolute Gasteiger partial charge is 0.463 e. The van der Waals surface area contributed by atoms with Gasteiger partial charge in [-0.2, -0.15) is 16.8 Å². The van der Waals surface area contributed by atoms with Crippen molar-refractivity contribution in [3.05, 3.63) is 12.2 Å². The molecule has 0 aliphatic carbocycles. The Morgan fingerprint density at radius 2 is 1.55 bits per heavy atom. The van der Waals surface area contributed by atoms with Gasteiger partial charge in [-0.25, -0.2) is 4.18 Å². The highest BCUT2D eigenvalue weighted by Gasteiger charge is 2.16. The summed E-state index contributed by atoms with van der Waals surface area (Å²) in [6.07, 6.45) is 12.2. The molecule has 2 unspecified atom stereocenters. The SMILES string of the molecule is CCCCCCC(C/C=C/CCCCCCCC(=O)OCC(O)CS(=O)(=O)O)OS(=O)(=O)O. The normalized spacial score (nSPS) is 14.4. The zero-order valence-corrected chi connectivity index (χ0v) is 21.1. The molecule has 10 nitrogen and oxygen atoms in total. The average molecular weight is 517 g/mol. The van der Waals surface area contributed by atoms with Crippen molar-refractivity contribution in [2.24, 2.45) is 0 Å². The standard InChI is InChI=1S/C21H40O10S2/c1-2-3-4-11-14-20(31-33(27,28)29)15-12-9-7-5-6-8-10-13-16-21(23)30-17-19(22)18-32(24,25)26/h9,12,19-20,22H,2-8,10-11,13-18H2,1H3,(H,24,25,26)(H,27,28,29)/b12-9+. The minimum absolute atomic E-state index is 0.173. The molecule has 12 heteroatoms. The molecule has 0 amide bonds. The van der Waals surface area contributed by atoms with Gasteiger partial charge < -0.3 is 9.84 Å². The number of ether oxygens (including phenoxy) is 1. The van der Waals surface area contributed by atoms with Gasteiger partial charge in [-0.1, -0.05) is 64.0 Å². The monoisotopic (exact) mass is 516 g/mol. The van der Waals surface area contributed by atoms with Gasteiger partial charge in [-0.15, -0.1) is 0 Å². The maximum atomic E-state index is 11.5. The van der Waals surface area contributed by atoms with Gasteiger partial charge in [0.05, 0.1) is 6.10 Å². The Morgan fingerprint density at radius 3 is 2.18 bits per heavy atom. The van der Waals surface area contributed by atoms with Crippen LogP contribution in [0, 0.1) is 0 Å². The predicted molar refractivity (Wildman–Crippen MR) is 125 cm³/mol. The lowest BCUT2D eigenvalue weighted by Gasteiger charge is -2.13. The molecule has 0 aromatic rings. The van der Waals surface area contributed by atoms with Gasteiger partial charge in [0.2, 0.25) is 0 Å². The fourth-order valence-electron chi connectivity index (χ4n) is 3.16. The van der Waals surface area contributed by atoms with E-state index in [1.165, 1.54) is 0 Å². The van der Waals surface area contributed by atoms with E-state index in [2.05, 4.69) is 6.92 Å². The maximum absolute atomic E-state index is 11.5. The van der Waals surface area contributed by atoms with Crippen molar-refractivity contribution in [3.8, 4) is 0 Å². The molecule has 0 fully saturated rings. The molecule has 2 atom stereocenters. The number of aliphatic hydroxyl groups is 1. The Balaban J connectivity index is 3.85. The van der Waals surface area contributed by atoms with Crippen LogP contribution < -0.4 is 0 Å². The second kappa shape index (κ2) is 18.3. The number of carbonyl (C=O) groups is 1. The number of hydrogen-bond donors (Lipinski definition) is 3. The molecular formula is C21H40O10S2. The summed E-state index contributed by atoms with van der Waals surface area (Å²) in [5.41, 5.74) is 0. The van der Waals surface area contributed by atoms with E-state index in [-0.39, 0.29) is 6.42 Å². The van der Waals surface area contributed by atoms with Crippen LogP contribution in [0.1, 0.15) is 90.4 Å². The Bertz CT molecular complexity index is 747. The molecule has 0 bridgehead atoms. The molecule has 0 aliphatic heterocycles. The number of allylic oxidation sites excluding steroid dienone is 1. The van der Waals surface area contributed by atoms with Crippen LogP contribution in [0.25, 0.3) is 0 Å². The molecule has 0 aromatic heterocycles. The fourth-order valence-corrected chi connectivity index (χ4v) is 4.26. The second-order valence-electron chi connectivity index (χ2n) is 8.09. The Morgan fingerprint density at radius 1 is 0.909 bits per heavy atom. The Hall–Kier alpha value is -1.05. The first-order valence-electron chi connectivity index (χ1n) is 11.5. The minimum atomic E-state index is -4.46. The van der Waals surface area contributed by atoms with Crippen molar-refractivity contribution >= 4 is 26.5 Å². The van der Waals surface area contributed by atoms with E-state index >= 15 is 0 Å². The first kappa shape index (κ1) is 31.9. The Kier molecular flexibility index (Phi) is 17.7. The fraction of sp³-hybridized carbons (Fsp3) is 0.857. The van der Waals surface area contributed by atoms with Crippen LogP contribution in [-0.2, 0) is 34.2 Å². The van der Waals surface area contributed by atoms with Crippen LogP contribution in [0.3, 0.4) is 0 Å². The molecule has 196 valence electrons. The van der Waals surface area contributed by atoms with Crippen molar-refractivity contribution < 1.29 is 44.8 Å². The number of rotatable bonds is 21. The van der Waals surface area contributed by atoms with Crippen LogP contribution in [0.15, 0.2) is 12.2 Å². The van der Waals surface area contributed by atoms with Crippen LogP contribution in [-0.4, -0.2) is 61.6 Å². The number of hydrogen-bond acceptors (Lipinski definition) is 8. The predicted octanol–water partition coefficient (Wildman–Crippen LogP) is 3.61. The first-order chi connectivity index (χ1) is 15.4. The quantitative estimate of drug-likeness (QED) is 0.0888. The van der Waals surface area contributed by atoms with E-state index in [1.807, 2.05) is 12.2 Å². The Labute approximate surface area is 198 Å². The summed E-state index contributed by atoms with van der Waals surface area (Å²) in [7, 11) is -8.77. The number of esters is 1. The molecule has 0 aliphatic rings. The highest BCUT2D eigenvalue weighted by Crippen LogP contribution is 2.15. The van der Waals surface area contributed by atoms with Gasteiger partial charge >= 0.3 is 16.4 Å². The van der Waals surface area contributed by atoms with Gasteiger partial charge in [-0.05, 0) is 32.1 Å². The van der Waals surface area contributed by atoms with E-state index in [0.717, 1.165) is 57.8 Å².